The third kappa shape index (κ3) is 3.07. The van der Waals surface area contributed by atoms with E-state index in [0.29, 0.717) is 5.76 Å². The van der Waals surface area contributed by atoms with Gasteiger partial charge < -0.3 is 14.8 Å². The molecule has 0 bridgehead atoms. The standard InChI is InChI=1S/C14H11F2NO4/c1-7-9(4-5-21-7)13(18)17-12(14(19)20)8-2-3-10(15)11(16)6-8/h2-6,12H,1H3,(H,17,18)(H,19,20). The number of amides is 1. The number of aliphatic carboxylic acids is 1. The molecule has 0 saturated carbocycles. The summed E-state index contributed by atoms with van der Waals surface area (Å²) >= 11 is 0. The number of carbonyl (C=O) groups excluding carboxylic acids is 1. The van der Waals surface area contributed by atoms with Crippen molar-refractivity contribution >= 4 is 11.9 Å². The molecule has 21 heavy (non-hydrogen) atoms. The lowest BCUT2D eigenvalue weighted by Gasteiger charge is -2.15. The van der Waals surface area contributed by atoms with E-state index >= 15 is 0 Å². The molecule has 1 amide bonds. The summed E-state index contributed by atoms with van der Waals surface area (Å²) in [7, 11) is 0. The van der Waals surface area contributed by atoms with E-state index in [9.17, 15) is 18.4 Å². The van der Waals surface area contributed by atoms with Gasteiger partial charge in [-0.05, 0) is 30.7 Å². The molecule has 0 aliphatic carbocycles. The highest BCUT2D eigenvalue weighted by Gasteiger charge is 2.25. The third-order valence-corrected chi connectivity index (χ3v) is 2.90. The van der Waals surface area contributed by atoms with Crippen molar-refractivity contribution in [3.8, 4) is 0 Å². The molecule has 1 atom stereocenters. The fourth-order valence-electron chi connectivity index (χ4n) is 1.81. The van der Waals surface area contributed by atoms with Crippen LogP contribution in [0, 0.1) is 18.6 Å². The highest BCUT2D eigenvalue weighted by atomic mass is 19.2. The lowest BCUT2D eigenvalue weighted by molar-refractivity contribution is -0.139. The first-order chi connectivity index (χ1) is 9.90. The number of carboxylic acid groups (broad SMARTS) is 1. The van der Waals surface area contributed by atoms with Crippen LogP contribution in [0.3, 0.4) is 0 Å². The summed E-state index contributed by atoms with van der Waals surface area (Å²) in [6.07, 6.45) is 1.29. The number of rotatable bonds is 4. The Balaban J connectivity index is 2.28. The minimum absolute atomic E-state index is 0.0732. The van der Waals surface area contributed by atoms with E-state index in [0.717, 1.165) is 18.2 Å². The van der Waals surface area contributed by atoms with Crippen LogP contribution >= 0.6 is 0 Å². The Hall–Kier alpha value is -2.70. The molecule has 1 heterocycles. The summed E-state index contributed by atoms with van der Waals surface area (Å²) in [6, 6.07) is 2.52. The second kappa shape index (κ2) is 5.74. The van der Waals surface area contributed by atoms with Gasteiger partial charge in [-0.25, -0.2) is 13.6 Å². The van der Waals surface area contributed by atoms with Gasteiger partial charge in [-0.1, -0.05) is 6.07 Å². The van der Waals surface area contributed by atoms with Gasteiger partial charge in [-0.15, -0.1) is 0 Å². The molecule has 5 nitrogen and oxygen atoms in total. The zero-order valence-corrected chi connectivity index (χ0v) is 10.9. The average molecular weight is 295 g/mol. The number of halogens is 2. The SMILES string of the molecule is Cc1occc1C(=O)NC(C(=O)O)c1ccc(F)c(F)c1. The van der Waals surface area contributed by atoms with Crippen LogP contribution in [-0.2, 0) is 4.79 Å². The highest BCUT2D eigenvalue weighted by molar-refractivity contribution is 5.97. The Morgan fingerprint density at radius 3 is 2.48 bits per heavy atom. The molecule has 1 unspecified atom stereocenters. The molecular weight excluding hydrogens is 284 g/mol. The third-order valence-electron chi connectivity index (χ3n) is 2.90. The first kappa shape index (κ1) is 14.7. The number of benzene rings is 1. The minimum Gasteiger partial charge on any atom is -0.479 e. The van der Waals surface area contributed by atoms with Gasteiger partial charge in [-0.3, -0.25) is 4.79 Å². The molecule has 2 N–H and O–H groups in total. The van der Waals surface area contributed by atoms with Crippen molar-refractivity contribution in [2.24, 2.45) is 0 Å². The van der Waals surface area contributed by atoms with Gasteiger partial charge in [0.1, 0.15) is 5.76 Å². The van der Waals surface area contributed by atoms with Crippen LogP contribution in [0.25, 0.3) is 0 Å². The summed E-state index contributed by atoms with van der Waals surface area (Å²) in [5.74, 6) is -4.04. The maximum absolute atomic E-state index is 13.2. The van der Waals surface area contributed by atoms with Crippen molar-refractivity contribution in [1.82, 2.24) is 5.32 Å². The molecule has 0 fully saturated rings. The van der Waals surface area contributed by atoms with Crippen LogP contribution in [0.4, 0.5) is 8.78 Å². The molecular formula is C14H11F2NO4. The van der Waals surface area contributed by atoms with Gasteiger partial charge in [0.2, 0.25) is 0 Å². The Morgan fingerprint density at radius 1 is 1.24 bits per heavy atom. The predicted octanol–water partition coefficient (Wildman–Crippen LogP) is 2.42. The van der Waals surface area contributed by atoms with Gasteiger partial charge >= 0.3 is 5.97 Å². The summed E-state index contributed by atoms with van der Waals surface area (Å²) < 4.78 is 31.0. The van der Waals surface area contributed by atoms with E-state index in [-0.39, 0.29) is 11.1 Å². The topological polar surface area (TPSA) is 79.5 Å². The van der Waals surface area contributed by atoms with Crippen LogP contribution in [0.2, 0.25) is 0 Å². The fraction of sp³-hybridized carbons (Fsp3) is 0.143. The molecule has 0 aliphatic heterocycles. The number of aryl methyl sites for hydroxylation is 1. The highest BCUT2D eigenvalue weighted by Crippen LogP contribution is 2.18. The van der Waals surface area contributed by atoms with E-state index in [4.69, 9.17) is 9.52 Å². The van der Waals surface area contributed by atoms with Crippen molar-refractivity contribution in [2.75, 3.05) is 0 Å². The van der Waals surface area contributed by atoms with E-state index in [1.807, 2.05) is 0 Å². The smallest absolute Gasteiger partial charge is 0.330 e. The zero-order chi connectivity index (χ0) is 15.6. The maximum atomic E-state index is 13.2. The molecule has 2 aromatic rings. The van der Waals surface area contributed by atoms with Crippen molar-refractivity contribution in [3.05, 3.63) is 59.1 Å². The largest absolute Gasteiger partial charge is 0.479 e. The average Bonchev–Trinajstić information content (AvgIpc) is 2.85. The van der Waals surface area contributed by atoms with Crippen molar-refractivity contribution in [1.29, 1.82) is 0 Å². The molecule has 1 aromatic heterocycles. The Morgan fingerprint density at radius 2 is 1.95 bits per heavy atom. The zero-order valence-electron chi connectivity index (χ0n) is 10.9. The fourth-order valence-corrected chi connectivity index (χ4v) is 1.81. The summed E-state index contributed by atoms with van der Waals surface area (Å²) in [5, 5.41) is 11.4. The van der Waals surface area contributed by atoms with Crippen LogP contribution in [0.1, 0.15) is 27.7 Å². The van der Waals surface area contributed by atoms with Crippen LogP contribution in [0.5, 0.6) is 0 Å². The Labute approximate surface area is 118 Å². The van der Waals surface area contributed by atoms with E-state index in [1.165, 1.54) is 12.3 Å². The number of carboxylic acids is 1. The first-order valence-corrected chi connectivity index (χ1v) is 5.93. The maximum Gasteiger partial charge on any atom is 0.330 e. The first-order valence-electron chi connectivity index (χ1n) is 5.93. The van der Waals surface area contributed by atoms with Gasteiger partial charge in [0, 0.05) is 0 Å². The number of furan rings is 1. The van der Waals surface area contributed by atoms with Crippen LogP contribution in [0.15, 0.2) is 34.9 Å². The normalized spacial score (nSPS) is 12.0. The van der Waals surface area contributed by atoms with Crippen LogP contribution in [-0.4, -0.2) is 17.0 Å². The van der Waals surface area contributed by atoms with Crippen LogP contribution < -0.4 is 5.32 Å². The lowest BCUT2D eigenvalue weighted by Crippen LogP contribution is -2.34. The molecule has 110 valence electrons. The van der Waals surface area contributed by atoms with Gasteiger partial charge in [-0.2, -0.15) is 0 Å². The molecule has 0 saturated heterocycles. The molecule has 0 spiro atoms. The number of carbonyl (C=O) groups is 2. The number of hydrogen-bond donors (Lipinski definition) is 2. The second-order valence-corrected chi connectivity index (χ2v) is 4.31. The van der Waals surface area contributed by atoms with Crippen molar-refractivity contribution in [2.45, 2.75) is 13.0 Å². The van der Waals surface area contributed by atoms with E-state index in [1.54, 1.807) is 6.92 Å². The van der Waals surface area contributed by atoms with Crippen molar-refractivity contribution in [3.63, 3.8) is 0 Å². The Kier molecular flexibility index (Phi) is 4.02. The predicted molar refractivity (Wildman–Crippen MR) is 67.6 cm³/mol. The monoisotopic (exact) mass is 295 g/mol. The number of hydrogen-bond acceptors (Lipinski definition) is 3. The minimum atomic E-state index is -1.50. The van der Waals surface area contributed by atoms with Gasteiger partial charge in [0.15, 0.2) is 17.7 Å². The van der Waals surface area contributed by atoms with E-state index in [2.05, 4.69) is 5.32 Å². The molecule has 1 aromatic carbocycles. The lowest BCUT2D eigenvalue weighted by atomic mass is 10.1. The van der Waals surface area contributed by atoms with Gasteiger partial charge in [0.05, 0.1) is 11.8 Å². The molecule has 7 heteroatoms. The summed E-state index contributed by atoms with van der Waals surface area (Å²) in [4.78, 5) is 23.2. The van der Waals surface area contributed by atoms with Crippen molar-refractivity contribution < 1.29 is 27.9 Å². The Bertz CT molecular complexity index is 696. The molecule has 0 aliphatic rings. The second-order valence-electron chi connectivity index (χ2n) is 4.31. The summed E-state index contributed by atoms with van der Waals surface area (Å²) in [5.41, 5.74) is 0.0970. The molecule has 2 rings (SSSR count). The van der Waals surface area contributed by atoms with E-state index < -0.39 is 29.6 Å². The van der Waals surface area contributed by atoms with Gasteiger partial charge in [0.25, 0.3) is 5.91 Å². The number of nitrogens with one attached hydrogen (secondary N) is 1. The quantitative estimate of drug-likeness (QED) is 0.908. The molecule has 0 radical (unpaired) electrons. The summed E-state index contributed by atoms with van der Waals surface area (Å²) in [6.45, 7) is 1.54.